The summed E-state index contributed by atoms with van der Waals surface area (Å²) in [7, 11) is 0. The van der Waals surface area contributed by atoms with Gasteiger partial charge in [0.05, 0.1) is 0 Å². The van der Waals surface area contributed by atoms with E-state index in [1.54, 1.807) is 12.2 Å². The quantitative estimate of drug-likeness (QED) is 0.835. The van der Waals surface area contributed by atoms with Gasteiger partial charge in [-0.1, -0.05) is 48.6 Å². The van der Waals surface area contributed by atoms with Crippen LogP contribution in [0.15, 0.2) is 48.6 Å². The summed E-state index contributed by atoms with van der Waals surface area (Å²) in [6, 6.07) is 8.03. The van der Waals surface area contributed by atoms with Crippen LogP contribution in [-0.2, 0) is 9.59 Å². The van der Waals surface area contributed by atoms with E-state index in [2.05, 4.69) is 5.32 Å². The largest absolute Gasteiger partial charge is 0.480 e. The smallest absolute Gasteiger partial charge is 0.319 e. The van der Waals surface area contributed by atoms with Gasteiger partial charge in [0.2, 0.25) is 5.91 Å². The lowest BCUT2D eigenvalue weighted by molar-refractivity contribution is -0.143. The molecule has 0 aromatic heterocycles. The zero-order chi connectivity index (χ0) is 15.5. The van der Waals surface area contributed by atoms with Crippen molar-refractivity contribution in [3.05, 3.63) is 59.7 Å². The topological polar surface area (TPSA) is 66.4 Å². The molecule has 1 amide bonds. The van der Waals surface area contributed by atoms with Crippen molar-refractivity contribution in [3.8, 4) is 0 Å². The molecule has 0 saturated carbocycles. The molecule has 1 aliphatic carbocycles. The van der Waals surface area contributed by atoms with Crippen LogP contribution in [0, 0.1) is 12.3 Å². The van der Waals surface area contributed by atoms with Crippen LogP contribution in [0.2, 0.25) is 0 Å². The van der Waals surface area contributed by atoms with E-state index in [0.717, 1.165) is 5.56 Å². The van der Waals surface area contributed by atoms with Crippen LogP contribution in [0.5, 0.6) is 0 Å². The van der Waals surface area contributed by atoms with Crippen LogP contribution in [0.1, 0.15) is 24.0 Å². The molecule has 110 valence electrons. The number of carbonyl (C=O) groups excluding carboxylic acids is 1. The van der Waals surface area contributed by atoms with E-state index in [1.807, 2.05) is 43.3 Å². The Morgan fingerprint density at radius 1 is 1.24 bits per heavy atom. The fourth-order valence-electron chi connectivity index (χ4n) is 2.45. The van der Waals surface area contributed by atoms with E-state index >= 15 is 0 Å². The van der Waals surface area contributed by atoms with Crippen molar-refractivity contribution in [2.45, 2.75) is 19.8 Å². The molecule has 0 fully saturated rings. The van der Waals surface area contributed by atoms with E-state index in [9.17, 15) is 14.7 Å². The molecular weight excluding hydrogens is 266 g/mol. The maximum atomic E-state index is 11.5. The third-order valence-corrected chi connectivity index (χ3v) is 3.78. The van der Waals surface area contributed by atoms with Gasteiger partial charge < -0.3 is 10.4 Å². The highest BCUT2D eigenvalue weighted by Gasteiger charge is 2.35. The van der Waals surface area contributed by atoms with Crippen molar-refractivity contribution in [1.29, 1.82) is 0 Å². The van der Waals surface area contributed by atoms with Crippen molar-refractivity contribution in [3.63, 3.8) is 0 Å². The van der Waals surface area contributed by atoms with Crippen LogP contribution < -0.4 is 5.32 Å². The summed E-state index contributed by atoms with van der Waals surface area (Å²) >= 11 is 0. The number of hydrogen-bond donors (Lipinski definition) is 2. The molecule has 0 aliphatic heterocycles. The number of aryl methyl sites for hydroxylation is 1. The summed E-state index contributed by atoms with van der Waals surface area (Å²) in [5.41, 5.74) is 1.16. The number of nitrogens with one attached hydrogen (secondary N) is 1. The Hall–Kier alpha value is -2.36. The standard InChI is InChI=1S/C17H19NO3/c1-12-5-3-4-6-15(12)14-7-9-17(10-8-14,16(20)21)11-18-13(2)19/h3-10,14H,11H2,1-2H3,(H,18,19)(H,20,21). The van der Waals surface area contributed by atoms with Gasteiger partial charge >= 0.3 is 5.97 Å². The molecule has 1 aliphatic rings. The fraction of sp³-hybridized carbons (Fsp3) is 0.294. The van der Waals surface area contributed by atoms with Gasteiger partial charge in [0, 0.05) is 19.4 Å². The average molecular weight is 285 g/mol. The molecule has 0 bridgehead atoms. The number of allylic oxidation sites excluding steroid dienone is 2. The van der Waals surface area contributed by atoms with Gasteiger partial charge in [0.1, 0.15) is 5.41 Å². The highest BCUT2D eigenvalue weighted by molar-refractivity contribution is 5.82. The Morgan fingerprint density at radius 3 is 2.38 bits per heavy atom. The maximum absolute atomic E-state index is 11.5. The number of aliphatic carboxylic acids is 1. The molecule has 0 saturated heterocycles. The van der Waals surface area contributed by atoms with Gasteiger partial charge in [-0.25, -0.2) is 0 Å². The summed E-state index contributed by atoms with van der Waals surface area (Å²) in [5.74, 6) is -1.14. The lowest BCUT2D eigenvalue weighted by Gasteiger charge is -2.27. The van der Waals surface area contributed by atoms with E-state index in [0.29, 0.717) is 0 Å². The first-order chi connectivity index (χ1) is 9.94. The lowest BCUT2D eigenvalue weighted by atomic mass is 9.79. The first-order valence-electron chi connectivity index (χ1n) is 6.87. The predicted octanol–water partition coefficient (Wildman–Crippen LogP) is 2.41. The second-order valence-electron chi connectivity index (χ2n) is 5.36. The van der Waals surface area contributed by atoms with Crippen LogP contribution in [0.3, 0.4) is 0 Å². The van der Waals surface area contributed by atoms with Crippen molar-refractivity contribution in [1.82, 2.24) is 5.32 Å². The zero-order valence-electron chi connectivity index (χ0n) is 12.2. The van der Waals surface area contributed by atoms with E-state index in [-0.39, 0.29) is 18.4 Å². The molecule has 0 spiro atoms. The Balaban J connectivity index is 2.23. The SMILES string of the molecule is CC(=O)NCC1(C(=O)O)C=CC(c2ccccc2C)C=C1. The minimum absolute atomic E-state index is 0.0607. The summed E-state index contributed by atoms with van der Waals surface area (Å²) in [4.78, 5) is 22.6. The number of carbonyl (C=O) groups is 2. The van der Waals surface area contributed by atoms with Crippen molar-refractivity contribution in [2.75, 3.05) is 6.54 Å². The van der Waals surface area contributed by atoms with Gasteiger partial charge in [0.25, 0.3) is 0 Å². The molecule has 0 atom stereocenters. The number of carboxylic acid groups (broad SMARTS) is 1. The Bertz CT molecular complexity index is 602. The van der Waals surface area contributed by atoms with Gasteiger partial charge in [-0.05, 0) is 18.1 Å². The number of rotatable bonds is 4. The predicted molar refractivity (Wildman–Crippen MR) is 81.0 cm³/mol. The zero-order valence-corrected chi connectivity index (χ0v) is 12.2. The molecule has 1 aromatic carbocycles. The van der Waals surface area contributed by atoms with Crippen molar-refractivity contribution in [2.24, 2.45) is 5.41 Å². The Kier molecular flexibility index (Phi) is 4.26. The summed E-state index contributed by atoms with van der Waals surface area (Å²) < 4.78 is 0. The van der Waals surface area contributed by atoms with Crippen LogP contribution in [0.25, 0.3) is 0 Å². The van der Waals surface area contributed by atoms with Gasteiger partial charge in [0.15, 0.2) is 0 Å². The highest BCUT2D eigenvalue weighted by Crippen LogP contribution is 2.33. The monoisotopic (exact) mass is 285 g/mol. The molecule has 0 unspecified atom stereocenters. The van der Waals surface area contributed by atoms with Gasteiger partial charge in [-0.3, -0.25) is 9.59 Å². The third-order valence-electron chi connectivity index (χ3n) is 3.78. The minimum Gasteiger partial charge on any atom is -0.480 e. The number of hydrogen-bond acceptors (Lipinski definition) is 2. The van der Waals surface area contributed by atoms with Gasteiger partial charge in [-0.15, -0.1) is 0 Å². The molecule has 0 radical (unpaired) electrons. The number of amides is 1. The van der Waals surface area contributed by atoms with E-state index in [1.165, 1.54) is 12.5 Å². The van der Waals surface area contributed by atoms with Crippen LogP contribution in [0.4, 0.5) is 0 Å². The normalized spacial score (nSPS) is 23.8. The second-order valence-corrected chi connectivity index (χ2v) is 5.36. The second kappa shape index (κ2) is 5.95. The van der Waals surface area contributed by atoms with E-state index in [4.69, 9.17) is 0 Å². The molecular formula is C17H19NO3. The van der Waals surface area contributed by atoms with Crippen LogP contribution >= 0.6 is 0 Å². The average Bonchev–Trinajstić information content (AvgIpc) is 2.46. The van der Waals surface area contributed by atoms with Crippen LogP contribution in [-0.4, -0.2) is 23.5 Å². The molecule has 0 heterocycles. The van der Waals surface area contributed by atoms with Gasteiger partial charge in [-0.2, -0.15) is 0 Å². The summed E-state index contributed by atoms with van der Waals surface area (Å²) in [6.07, 6.45) is 7.11. The van der Waals surface area contributed by atoms with Crippen molar-refractivity contribution >= 4 is 11.9 Å². The summed E-state index contributed by atoms with van der Waals surface area (Å²) in [5, 5.41) is 12.0. The molecule has 4 nitrogen and oxygen atoms in total. The first kappa shape index (κ1) is 15.0. The fourth-order valence-corrected chi connectivity index (χ4v) is 2.45. The summed E-state index contributed by atoms with van der Waals surface area (Å²) in [6.45, 7) is 3.47. The maximum Gasteiger partial charge on any atom is 0.319 e. The third kappa shape index (κ3) is 3.21. The minimum atomic E-state index is -1.16. The molecule has 1 aromatic rings. The molecule has 4 heteroatoms. The van der Waals surface area contributed by atoms with Crippen molar-refractivity contribution < 1.29 is 14.7 Å². The molecule has 2 N–H and O–H groups in total. The highest BCUT2D eigenvalue weighted by atomic mass is 16.4. The van der Waals surface area contributed by atoms with E-state index < -0.39 is 11.4 Å². The lowest BCUT2D eigenvalue weighted by Crippen LogP contribution is -2.40. The Labute approximate surface area is 124 Å². The first-order valence-corrected chi connectivity index (χ1v) is 6.87. The number of carboxylic acids is 1. The molecule has 2 rings (SSSR count). The molecule has 21 heavy (non-hydrogen) atoms. The Morgan fingerprint density at radius 2 is 1.86 bits per heavy atom. The number of benzene rings is 1.